The van der Waals surface area contributed by atoms with Crippen molar-refractivity contribution in [3.05, 3.63) is 35.4 Å². The van der Waals surface area contributed by atoms with E-state index in [1.54, 1.807) is 24.3 Å². The zero-order valence-electron chi connectivity index (χ0n) is 10.6. The summed E-state index contributed by atoms with van der Waals surface area (Å²) < 4.78 is 14.7. The Morgan fingerprint density at radius 2 is 1.89 bits per heavy atom. The molecule has 0 aliphatic carbocycles. The van der Waals surface area contributed by atoms with Gasteiger partial charge in [-0.15, -0.1) is 0 Å². The molecule has 0 spiro atoms. The molecule has 18 heavy (non-hydrogen) atoms. The van der Waals surface area contributed by atoms with Gasteiger partial charge in [-0.05, 0) is 11.1 Å². The van der Waals surface area contributed by atoms with Crippen LogP contribution in [0.15, 0.2) is 24.3 Å². The zero-order valence-corrected chi connectivity index (χ0v) is 10.6. The summed E-state index contributed by atoms with van der Waals surface area (Å²) in [6.45, 7) is 1.43. The van der Waals surface area contributed by atoms with Gasteiger partial charge in [0.1, 0.15) is 6.61 Å². The number of ether oxygens (including phenoxy) is 3. The number of rotatable bonds is 5. The number of hydrogen-bond acceptors (Lipinski definition) is 5. The fraction of sp³-hybridized carbons (Fsp3) is 0.385. The van der Waals surface area contributed by atoms with E-state index in [9.17, 15) is 9.59 Å². The van der Waals surface area contributed by atoms with Crippen LogP contribution in [0, 0.1) is 0 Å². The summed E-state index contributed by atoms with van der Waals surface area (Å²) in [4.78, 5) is 22.4. The normalized spacial score (nSPS) is 11.7. The largest absolute Gasteiger partial charge is 0.467 e. The minimum absolute atomic E-state index is 0.0996. The molecule has 0 N–H and O–H groups in total. The average molecular weight is 252 g/mol. The second-order valence-electron chi connectivity index (χ2n) is 3.62. The van der Waals surface area contributed by atoms with Crippen molar-refractivity contribution in [1.82, 2.24) is 0 Å². The second-order valence-corrected chi connectivity index (χ2v) is 3.62. The average Bonchev–Trinajstić information content (AvgIpc) is 2.38. The Labute approximate surface area is 106 Å². The summed E-state index contributed by atoms with van der Waals surface area (Å²) in [6, 6.07) is 7.09. The van der Waals surface area contributed by atoms with Gasteiger partial charge in [0.15, 0.2) is 6.10 Å². The third-order valence-electron chi connectivity index (χ3n) is 2.42. The lowest BCUT2D eigenvalue weighted by atomic mass is 10.0. The van der Waals surface area contributed by atoms with Crippen LogP contribution in [-0.4, -0.2) is 26.2 Å². The Bertz CT molecular complexity index is 427. The van der Waals surface area contributed by atoms with E-state index in [-0.39, 0.29) is 12.6 Å². The molecule has 0 bridgehead atoms. The molecule has 1 aromatic carbocycles. The lowest BCUT2D eigenvalue weighted by molar-refractivity contribution is -0.152. The Hall–Kier alpha value is -1.88. The van der Waals surface area contributed by atoms with Gasteiger partial charge in [-0.2, -0.15) is 0 Å². The molecule has 0 aliphatic heterocycles. The summed E-state index contributed by atoms with van der Waals surface area (Å²) in [7, 11) is 2.72. The highest BCUT2D eigenvalue weighted by atomic mass is 16.6. The molecule has 1 aromatic rings. The van der Waals surface area contributed by atoms with E-state index in [1.807, 2.05) is 0 Å². The molecule has 1 rings (SSSR count). The van der Waals surface area contributed by atoms with Crippen LogP contribution in [0.25, 0.3) is 0 Å². The third kappa shape index (κ3) is 3.56. The SMILES string of the molecule is COC(=O)C(OC)c1ccccc1COC(C)=O. The van der Waals surface area contributed by atoms with Gasteiger partial charge in [-0.1, -0.05) is 24.3 Å². The van der Waals surface area contributed by atoms with Crippen LogP contribution in [0.4, 0.5) is 0 Å². The van der Waals surface area contributed by atoms with Gasteiger partial charge in [0, 0.05) is 14.0 Å². The van der Waals surface area contributed by atoms with E-state index in [0.29, 0.717) is 11.1 Å². The van der Waals surface area contributed by atoms with Crippen molar-refractivity contribution in [2.75, 3.05) is 14.2 Å². The van der Waals surface area contributed by atoms with Crippen LogP contribution in [0.1, 0.15) is 24.2 Å². The Kier molecular flexibility index (Phi) is 5.32. The van der Waals surface area contributed by atoms with Crippen LogP contribution < -0.4 is 0 Å². The van der Waals surface area contributed by atoms with Crippen molar-refractivity contribution in [3.8, 4) is 0 Å². The first-order valence-electron chi connectivity index (χ1n) is 5.42. The standard InChI is InChI=1S/C13H16O5/c1-9(14)18-8-10-6-4-5-7-11(10)12(16-2)13(15)17-3/h4-7,12H,8H2,1-3H3. The van der Waals surface area contributed by atoms with Crippen molar-refractivity contribution in [2.45, 2.75) is 19.6 Å². The van der Waals surface area contributed by atoms with Gasteiger partial charge in [0.25, 0.3) is 0 Å². The molecule has 0 saturated carbocycles. The third-order valence-corrected chi connectivity index (χ3v) is 2.42. The lowest BCUT2D eigenvalue weighted by Crippen LogP contribution is -2.18. The maximum Gasteiger partial charge on any atom is 0.339 e. The van der Waals surface area contributed by atoms with Crippen LogP contribution >= 0.6 is 0 Å². The minimum Gasteiger partial charge on any atom is -0.467 e. The molecule has 1 unspecified atom stereocenters. The molecule has 0 saturated heterocycles. The van der Waals surface area contributed by atoms with Crippen molar-refractivity contribution < 1.29 is 23.8 Å². The highest BCUT2D eigenvalue weighted by Crippen LogP contribution is 2.23. The minimum atomic E-state index is -0.818. The predicted molar refractivity (Wildman–Crippen MR) is 63.7 cm³/mol. The quantitative estimate of drug-likeness (QED) is 0.745. The fourth-order valence-electron chi connectivity index (χ4n) is 1.56. The van der Waals surface area contributed by atoms with Gasteiger partial charge >= 0.3 is 11.9 Å². The smallest absolute Gasteiger partial charge is 0.339 e. The van der Waals surface area contributed by atoms with E-state index in [0.717, 1.165) is 0 Å². The summed E-state index contributed by atoms with van der Waals surface area (Å²) in [5.41, 5.74) is 1.35. The first-order valence-corrected chi connectivity index (χ1v) is 5.42. The predicted octanol–water partition coefficient (Wildman–Crippen LogP) is 1.61. The van der Waals surface area contributed by atoms with E-state index in [2.05, 4.69) is 4.74 Å². The van der Waals surface area contributed by atoms with E-state index < -0.39 is 12.1 Å². The van der Waals surface area contributed by atoms with E-state index in [1.165, 1.54) is 21.1 Å². The molecule has 5 heteroatoms. The molecule has 0 heterocycles. The highest BCUT2D eigenvalue weighted by molar-refractivity contribution is 5.77. The molecule has 0 fully saturated rings. The van der Waals surface area contributed by atoms with Gasteiger partial charge in [-0.25, -0.2) is 4.79 Å². The van der Waals surface area contributed by atoms with Gasteiger partial charge < -0.3 is 14.2 Å². The van der Waals surface area contributed by atoms with E-state index in [4.69, 9.17) is 9.47 Å². The fourth-order valence-corrected chi connectivity index (χ4v) is 1.56. The van der Waals surface area contributed by atoms with Gasteiger partial charge in [-0.3, -0.25) is 4.79 Å². The second kappa shape index (κ2) is 6.76. The Morgan fingerprint density at radius 1 is 1.22 bits per heavy atom. The number of benzene rings is 1. The molecule has 98 valence electrons. The molecule has 0 amide bonds. The van der Waals surface area contributed by atoms with Crippen LogP contribution in [0.2, 0.25) is 0 Å². The van der Waals surface area contributed by atoms with E-state index >= 15 is 0 Å². The molecule has 0 aromatic heterocycles. The number of methoxy groups -OCH3 is 2. The topological polar surface area (TPSA) is 61.8 Å². The van der Waals surface area contributed by atoms with Crippen LogP contribution in [0.3, 0.4) is 0 Å². The van der Waals surface area contributed by atoms with Crippen molar-refractivity contribution >= 4 is 11.9 Å². The summed E-state index contributed by atoms with van der Waals surface area (Å²) >= 11 is 0. The van der Waals surface area contributed by atoms with Crippen molar-refractivity contribution in [3.63, 3.8) is 0 Å². The molecule has 0 radical (unpaired) electrons. The van der Waals surface area contributed by atoms with Crippen molar-refractivity contribution in [2.24, 2.45) is 0 Å². The van der Waals surface area contributed by atoms with Crippen LogP contribution in [-0.2, 0) is 30.4 Å². The maximum atomic E-state index is 11.6. The molecular weight excluding hydrogens is 236 g/mol. The number of esters is 2. The van der Waals surface area contributed by atoms with Gasteiger partial charge in [0.2, 0.25) is 0 Å². The molecule has 1 atom stereocenters. The summed E-state index contributed by atoms with van der Waals surface area (Å²) in [5, 5.41) is 0. The summed E-state index contributed by atoms with van der Waals surface area (Å²) in [6.07, 6.45) is -0.818. The highest BCUT2D eigenvalue weighted by Gasteiger charge is 2.23. The zero-order chi connectivity index (χ0) is 13.5. The van der Waals surface area contributed by atoms with Crippen molar-refractivity contribution in [1.29, 1.82) is 0 Å². The first-order chi connectivity index (χ1) is 8.60. The lowest BCUT2D eigenvalue weighted by Gasteiger charge is -2.16. The van der Waals surface area contributed by atoms with Gasteiger partial charge in [0.05, 0.1) is 7.11 Å². The maximum absolute atomic E-state index is 11.6. The number of carbonyl (C=O) groups excluding carboxylic acids is 2. The Balaban J connectivity index is 2.98. The Morgan fingerprint density at radius 3 is 2.44 bits per heavy atom. The summed E-state index contributed by atoms with van der Waals surface area (Å²) in [5.74, 6) is -0.871. The monoisotopic (exact) mass is 252 g/mol. The number of carbonyl (C=O) groups is 2. The molecule has 0 aliphatic rings. The number of hydrogen-bond donors (Lipinski definition) is 0. The molecule has 5 nitrogen and oxygen atoms in total. The molecular formula is C13H16O5. The first kappa shape index (κ1) is 14.2. The van der Waals surface area contributed by atoms with Crippen LogP contribution in [0.5, 0.6) is 0 Å².